The quantitative estimate of drug-likeness (QED) is 0.390. The van der Waals surface area contributed by atoms with Gasteiger partial charge in [-0.2, -0.15) is 0 Å². The first kappa shape index (κ1) is 5.03. The summed E-state index contributed by atoms with van der Waals surface area (Å²) in [5, 5.41) is 0. The third-order valence-electron chi connectivity index (χ3n) is 1.37. The van der Waals surface area contributed by atoms with Crippen molar-refractivity contribution in [3.05, 3.63) is 12.2 Å². The Balaban J connectivity index is 2.61. The van der Waals surface area contributed by atoms with Gasteiger partial charge in [0, 0.05) is 1.37 Å². The summed E-state index contributed by atoms with van der Waals surface area (Å²) in [7, 11) is 1.32. The molecule has 50 valence electrons. The van der Waals surface area contributed by atoms with E-state index in [0.717, 1.165) is 0 Å². The smallest absolute Gasteiger partial charge is 0.309 e. The van der Waals surface area contributed by atoms with Crippen LogP contribution >= 0.6 is 0 Å². The molecule has 0 fully saturated rings. The van der Waals surface area contributed by atoms with Gasteiger partial charge in [-0.15, -0.1) is 0 Å². The molecular weight excluding hydrogens is 116 g/mol. The Morgan fingerprint density at radius 3 is 2.78 bits per heavy atom. The van der Waals surface area contributed by atoms with Crippen LogP contribution in [0.2, 0.25) is 0 Å². The first-order valence-electron chi connectivity index (χ1n) is 3.42. The van der Waals surface area contributed by atoms with E-state index in [1.807, 2.05) is 12.2 Å². The highest BCUT2D eigenvalue weighted by molar-refractivity contribution is 5.73. The Bertz CT molecular complexity index is 166. The molecule has 0 unspecified atom stereocenters. The van der Waals surface area contributed by atoms with Gasteiger partial charge in [-0.3, -0.25) is 4.79 Å². The largest absolute Gasteiger partial charge is 0.469 e. The van der Waals surface area contributed by atoms with Crippen LogP contribution in [-0.4, -0.2) is 13.1 Å². The number of hydrogen-bond acceptors (Lipinski definition) is 2. The van der Waals surface area contributed by atoms with E-state index in [4.69, 9.17) is 1.37 Å². The van der Waals surface area contributed by atoms with Crippen molar-refractivity contribution in [3.8, 4) is 0 Å². The molecule has 0 bridgehead atoms. The molecule has 9 heavy (non-hydrogen) atoms. The highest BCUT2D eigenvalue weighted by Crippen LogP contribution is 2.18. The number of ether oxygens (including phenoxy) is 1. The standard InChI is InChI=1S/C7H10O2/c1-9-7(8)6-4-2-3-5-6/h2-3,6H,4-5H2,1H3/i6D. The first-order chi connectivity index (χ1) is 4.69. The van der Waals surface area contributed by atoms with Crippen LogP contribution < -0.4 is 0 Å². The van der Waals surface area contributed by atoms with E-state index in [9.17, 15) is 4.79 Å². The van der Waals surface area contributed by atoms with Gasteiger partial charge in [0.05, 0.1) is 13.0 Å². The minimum absolute atomic E-state index is 0.433. The molecule has 0 amide bonds. The summed E-state index contributed by atoms with van der Waals surface area (Å²) in [6, 6.07) is 0. The van der Waals surface area contributed by atoms with Crippen LogP contribution in [0.15, 0.2) is 12.2 Å². The van der Waals surface area contributed by atoms with E-state index in [0.29, 0.717) is 12.8 Å². The van der Waals surface area contributed by atoms with Crippen LogP contribution in [0.5, 0.6) is 0 Å². The molecule has 0 saturated heterocycles. The minimum atomic E-state index is -1.02. The molecule has 0 atom stereocenters. The molecule has 0 N–H and O–H groups in total. The molecule has 0 saturated carbocycles. The maximum atomic E-state index is 10.9. The van der Waals surface area contributed by atoms with Crippen molar-refractivity contribution >= 4 is 5.97 Å². The fraction of sp³-hybridized carbons (Fsp3) is 0.571. The highest BCUT2D eigenvalue weighted by Gasteiger charge is 2.18. The first-order valence-corrected chi connectivity index (χ1v) is 2.92. The van der Waals surface area contributed by atoms with Crippen molar-refractivity contribution < 1.29 is 10.9 Å². The summed E-state index contributed by atoms with van der Waals surface area (Å²) in [6.07, 6.45) is 4.65. The van der Waals surface area contributed by atoms with Crippen LogP contribution in [0, 0.1) is 5.89 Å². The number of methoxy groups -OCH3 is 1. The van der Waals surface area contributed by atoms with Crippen molar-refractivity contribution in [3.63, 3.8) is 0 Å². The van der Waals surface area contributed by atoms with Crippen molar-refractivity contribution in [1.82, 2.24) is 0 Å². The molecule has 1 aliphatic carbocycles. The summed E-state index contributed by atoms with van der Waals surface area (Å²) in [6.45, 7) is 0. The maximum Gasteiger partial charge on any atom is 0.309 e. The normalized spacial score (nSPS) is 23.4. The predicted octanol–water partition coefficient (Wildman–Crippen LogP) is 1.13. The molecule has 0 aromatic carbocycles. The fourth-order valence-corrected chi connectivity index (χ4v) is 0.846. The number of esters is 1. The Kier molecular flexibility index (Phi) is 1.49. The maximum absolute atomic E-state index is 10.9. The van der Waals surface area contributed by atoms with Crippen LogP contribution in [0.25, 0.3) is 0 Å². The third-order valence-corrected chi connectivity index (χ3v) is 1.37. The van der Waals surface area contributed by atoms with E-state index in [2.05, 4.69) is 4.74 Å². The molecule has 0 spiro atoms. The number of hydrogen-bond donors (Lipinski definition) is 0. The van der Waals surface area contributed by atoms with Gasteiger partial charge in [0.25, 0.3) is 0 Å². The third kappa shape index (κ3) is 1.31. The molecule has 0 aromatic rings. The SMILES string of the molecule is [2H]C1(C(=O)OC)CC=CC1. The van der Waals surface area contributed by atoms with E-state index in [1.165, 1.54) is 7.11 Å². The van der Waals surface area contributed by atoms with Crippen LogP contribution in [-0.2, 0) is 9.53 Å². The summed E-state index contributed by atoms with van der Waals surface area (Å²) < 4.78 is 12.0. The lowest BCUT2D eigenvalue weighted by atomic mass is 10.1. The van der Waals surface area contributed by atoms with Gasteiger partial charge in [0.15, 0.2) is 0 Å². The van der Waals surface area contributed by atoms with Gasteiger partial charge in [0.2, 0.25) is 0 Å². The molecule has 1 aliphatic rings. The lowest BCUT2D eigenvalue weighted by Gasteiger charge is -2.03. The summed E-state index contributed by atoms with van der Waals surface area (Å²) in [4.78, 5) is 10.9. The van der Waals surface area contributed by atoms with Crippen molar-refractivity contribution in [2.24, 2.45) is 5.89 Å². The van der Waals surface area contributed by atoms with E-state index in [1.54, 1.807) is 0 Å². The minimum Gasteiger partial charge on any atom is -0.469 e. The molecule has 2 nitrogen and oxygen atoms in total. The number of carbonyl (C=O) groups is 1. The van der Waals surface area contributed by atoms with Gasteiger partial charge in [-0.1, -0.05) is 12.2 Å². The second-order valence-corrected chi connectivity index (χ2v) is 1.97. The van der Waals surface area contributed by atoms with Gasteiger partial charge in [0.1, 0.15) is 0 Å². The predicted molar refractivity (Wildman–Crippen MR) is 33.9 cm³/mol. The van der Waals surface area contributed by atoms with Crippen molar-refractivity contribution in [2.75, 3.05) is 7.11 Å². The fourth-order valence-electron chi connectivity index (χ4n) is 0.846. The molecular formula is C7H10O2. The number of carbonyl (C=O) groups excluding carboxylic acids is 1. The lowest BCUT2D eigenvalue weighted by molar-refractivity contribution is -0.144. The Labute approximate surface area is 55.9 Å². The zero-order valence-corrected chi connectivity index (χ0v) is 5.39. The molecule has 2 heteroatoms. The van der Waals surface area contributed by atoms with Crippen LogP contribution in [0.1, 0.15) is 14.2 Å². The lowest BCUT2D eigenvalue weighted by Crippen LogP contribution is -2.12. The van der Waals surface area contributed by atoms with Crippen LogP contribution in [0.3, 0.4) is 0 Å². The van der Waals surface area contributed by atoms with Gasteiger partial charge in [-0.05, 0) is 12.8 Å². The molecule has 1 rings (SSSR count). The second kappa shape index (κ2) is 2.67. The zero-order valence-electron chi connectivity index (χ0n) is 6.39. The van der Waals surface area contributed by atoms with E-state index in [-0.39, 0.29) is 0 Å². The molecule has 0 heterocycles. The van der Waals surface area contributed by atoms with Crippen molar-refractivity contribution in [2.45, 2.75) is 12.8 Å². The number of allylic oxidation sites excluding steroid dienone is 2. The van der Waals surface area contributed by atoms with Crippen molar-refractivity contribution in [1.29, 1.82) is 0 Å². The topological polar surface area (TPSA) is 26.3 Å². The van der Waals surface area contributed by atoms with Gasteiger partial charge < -0.3 is 4.74 Å². The summed E-state index contributed by atoms with van der Waals surface area (Å²) >= 11 is 0. The Morgan fingerprint density at radius 2 is 2.33 bits per heavy atom. The van der Waals surface area contributed by atoms with E-state index >= 15 is 0 Å². The average Bonchev–Trinajstić information content (AvgIpc) is 2.36. The Morgan fingerprint density at radius 1 is 1.78 bits per heavy atom. The second-order valence-electron chi connectivity index (χ2n) is 1.97. The average molecular weight is 127 g/mol. The Hall–Kier alpha value is -0.790. The van der Waals surface area contributed by atoms with Gasteiger partial charge >= 0.3 is 5.97 Å². The van der Waals surface area contributed by atoms with Gasteiger partial charge in [-0.25, -0.2) is 0 Å². The zero-order chi connectivity index (χ0) is 7.61. The molecule has 0 aliphatic heterocycles. The molecule has 0 aromatic heterocycles. The molecule has 0 radical (unpaired) electrons. The van der Waals surface area contributed by atoms with Crippen LogP contribution in [0.4, 0.5) is 0 Å². The highest BCUT2D eigenvalue weighted by atomic mass is 16.5. The number of rotatable bonds is 1. The monoisotopic (exact) mass is 127 g/mol. The summed E-state index contributed by atoms with van der Waals surface area (Å²) in [5.41, 5.74) is 0. The van der Waals surface area contributed by atoms with E-state index < -0.39 is 11.9 Å². The summed E-state index contributed by atoms with van der Waals surface area (Å²) in [5.74, 6) is -1.45.